The second-order valence-electron chi connectivity index (χ2n) is 4.37. The molecule has 102 valence electrons. The fourth-order valence-electron chi connectivity index (χ4n) is 2.02. The lowest BCUT2D eigenvalue weighted by molar-refractivity contribution is -0.409. The number of carbonyl (C=O) groups is 1. The molecule has 2 rings (SSSR count). The minimum atomic E-state index is 0.132. The summed E-state index contributed by atoms with van der Waals surface area (Å²) < 4.78 is 12.3. The van der Waals surface area contributed by atoms with Crippen molar-refractivity contribution in [2.24, 2.45) is 0 Å². The van der Waals surface area contributed by atoms with E-state index >= 15 is 0 Å². The van der Waals surface area contributed by atoms with Gasteiger partial charge >= 0.3 is 5.24 Å². The molecule has 0 bridgehead atoms. The maximum Gasteiger partial charge on any atom is 0.449 e. The smallest absolute Gasteiger partial charge is 0.449 e. The fraction of sp³-hybridized carbons (Fsp3) is 0.429. The minimum absolute atomic E-state index is 0.132. The molecule has 0 aliphatic carbocycles. The van der Waals surface area contributed by atoms with Crippen LogP contribution < -0.4 is 9.47 Å². The van der Waals surface area contributed by atoms with E-state index in [1.807, 2.05) is 31.3 Å². The molecule has 4 nitrogen and oxygen atoms in total. The summed E-state index contributed by atoms with van der Waals surface area (Å²) >= 11 is 1.36. The topological polar surface area (TPSA) is 38.5 Å². The van der Waals surface area contributed by atoms with Crippen LogP contribution in [0.5, 0.6) is 11.5 Å². The maximum absolute atomic E-state index is 11.6. The molecule has 0 unspecified atom stereocenters. The van der Waals surface area contributed by atoms with Crippen LogP contribution in [0, 0.1) is 0 Å². The summed E-state index contributed by atoms with van der Waals surface area (Å²) in [5.41, 5.74) is 1.13. The molecule has 0 saturated carbocycles. The number of thioether (sulfide) groups is 1. The van der Waals surface area contributed by atoms with Gasteiger partial charge in [0.05, 0.1) is 19.5 Å². The van der Waals surface area contributed by atoms with Gasteiger partial charge in [0, 0.05) is 18.2 Å². The highest BCUT2D eigenvalue weighted by Gasteiger charge is 2.29. The van der Waals surface area contributed by atoms with E-state index < -0.39 is 0 Å². The molecule has 0 radical (unpaired) electrons. The number of benzene rings is 1. The highest BCUT2D eigenvalue weighted by molar-refractivity contribution is 8.14. The summed E-state index contributed by atoms with van der Waals surface area (Å²) in [5.74, 6) is 1.44. The van der Waals surface area contributed by atoms with Crippen molar-refractivity contribution < 1.29 is 18.8 Å². The highest BCUT2D eigenvalue weighted by atomic mass is 32.2. The number of hydrogen-bond donors (Lipinski definition) is 0. The van der Waals surface area contributed by atoms with Gasteiger partial charge in [0.15, 0.2) is 24.3 Å². The van der Waals surface area contributed by atoms with Crippen LogP contribution in [-0.4, -0.2) is 42.0 Å². The first-order valence-corrected chi connectivity index (χ1v) is 7.05. The van der Waals surface area contributed by atoms with Crippen LogP contribution in [0.3, 0.4) is 0 Å². The highest BCUT2D eigenvalue weighted by Crippen LogP contribution is 2.28. The summed E-state index contributed by atoms with van der Waals surface area (Å²) in [4.78, 5) is 11.6. The molecule has 1 aromatic rings. The molecular formula is C14H18NO3S+. The Bertz CT molecular complexity index is 513. The van der Waals surface area contributed by atoms with Gasteiger partial charge in [-0.2, -0.15) is 4.58 Å². The summed E-state index contributed by atoms with van der Waals surface area (Å²) in [5, 5.41) is 0.408. The Morgan fingerprint density at radius 2 is 2.00 bits per heavy atom. The predicted octanol–water partition coefficient (Wildman–Crippen LogP) is 2.58. The Morgan fingerprint density at radius 3 is 2.58 bits per heavy atom. The number of rotatable bonds is 5. The van der Waals surface area contributed by atoms with Crippen LogP contribution in [0.2, 0.25) is 0 Å². The normalized spacial score (nSPS) is 18.4. The van der Waals surface area contributed by atoms with E-state index in [9.17, 15) is 4.79 Å². The minimum Gasteiger partial charge on any atom is -0.493 e. The van der Waals surface area contributed by atoms with E-state index in [1.165, 1.54) is 11.8 Å². The van der Waals surface area contributed by atoms with Gasteiger partial charge in [0.25, 0.3) is 0 Å². The number of ether oxygens (including phenoxy) is 2. The molecule has 0 saturated heterocycles. The molecule has 5 heteroatoms. The van der Waals surface area contributed by atoms with E-state index in [4.69, 9.17) is 9.47 Å². The molecule has 1 aromatic carbocycles. The van der Waals surface area contributed by atoms with Gasteiger partial charge in [-0.15, -0.1) is 0 Å². The summed E-state index contributed by atoms with van der Waals surface area (Å²) in [6, 6.07) is 5.84. The lowest BCUT2D eigenvalue weighted by Crippen LogP contribution is -2.16. The Hall–Kier alpha value is -1.49. The third-order valence-corrected chi connectivity index (χ3v) is 3.93. The molecule has 0 fully saturated rings. The Balaban J connectivity index is 2.04. The second kappa shape index (κ2) is 6.10. The predicted molar refractivity (Wildman–Crippen MR) is 76.9 cm³/mol. The molecule has 1 aliphatic heterocycles. The Kier molecular flexibility index (Phi) is 4.47. The van der Waals surface area contributed by atoms with Gasteiger partial charge in [-0.25, -0.2) is 4.79 Å². The molecular weight excluding hydrogens is 262 g/mol. The zero-order valence-electron chi connectivity index (χ0n) is 11.4. The number of hydrogen-bond acceptors (Lipinski definition) is 4. The van der Waals surface area contributed by atoms with Crippen molar-refractivity contribution in [1.29, 1.82) is 0 Å². The third kappa shape index (κ3) is 3.29. The van der Waals surface area contributed by atoms with Crippen molar-refractivity contribution >= 4 is 23.2 Å². The van der Waals surface area contributed by atoms with Gasteiger partial charge in [0.1, 0.15) is 0 Å². The molecule has 0 aromatic heterocycles. The van der Waals surface area contributed by atoms with Crippen LogP contribution in [0.15, 0.2) is 18.2 Å². The van der Waals surface area contributed by atoms with Crippen molar-refractivity contribution in [3.05, 3.63) is 23.8 Å². The molecule has 1 amide bonds. The quantitative estimate of drug-likeness (QED) is 0.777. The largest absolute Gasteiger partial charge is 0.493 e. The van der Waals surface area contributed by atoms with Gasteiger partial charge in [-0.05, 0) is 24.6 Å². The molecule has 0 N–H and O–H groups in total. The van der Waals surface area contributed by atoms with Crippen molar-refractivity contribution in [3.8, 4) is 11.5 Å². The first-order valence-electron chi connectivity index (χ1n) is 6.17. The van der Waals surface area contributed by atoms with Crippen LogP contribution in [-0.2, 0) is 6.42 Å². The van der Waals surface area contributed by atoms with Crippen molar-refractivity contribution in [1.82, 2.24) is 0 Å². The van der Waals surface area contributed by atoms with Gasteiger partial charge in [-0.3, -0.25) is 0 Å². The molecule has 1 aliphatic rings. The Labute approximate surface area is 117 Å². The third-order valence-electron chi connectivity index (χ3n) is 3.00. The summed E-state index contributed by atoms with van der Waals surface area (Å²) in [6.45, 7) is 2.73. The summed E-state index contributed by atoms with van der Waals surface area (Å²) in [7, 11) is 3.24. The average Bonchev–Trinajstić information content (AvgIpc) is 2.74. The van der Waals surface area contributed by atoms with Gasteiger partial charge < -0.3 is 9.47 Å². The molecule has 1 heterocycles. The van der Waals surface area contributed by atoms with E-state index in [-0.39, 0.29) is 10.5 Å². The fourth-order valence-corrected chi connectivity index (χ4v) is 2.84. The number of nitrogens with zero attached hydrogens (tertiary/aromatic N) is 1. The van der Waals surface area contributed by atoms with Crippen LogP contribution >= 0.6 is 11.8 Å². The summed E-state index contributed by atoms with van der Waals surface area (Å²) in [6.07, 6.45) is 2.78. The number of methoxy groups -OCH3 is 2. The van der Waals surface area contributed by atoms with E-state index in [2.05, 4.69) is 0 Å². The molecule has 1 atom stereocenters. The second-order valence-corrected chi connectivity index (χ2v) is 5.70. The molecule has 19 heavy (non-hydrogen) atoms. The monoisotopic (exact) mass is 280 g/mol. The van der Waals surface area contributed by atoms with Gasteiger partial charge in [-0.1, -0.05) is 6.07 Å². The Morgan fingerprint density at radius 1 is 1.26 bits per heavy atom. The molecule has 0 spiro atoms. The lowest BCUT2D eigenvalue weighted by Gasteiger charge is -2.08. The van der Waals surface area contributed by atoms with Crippen LogP contribution in [0.1, 0.15) is 12.5 Å². The van der Waals surface area contributed by atoms with Crippen molar-refractivity contribution in [2.45, 2.75) is 18.6 Å². The SMILES string of the molecule is COc1ccc(CC[N+]2=C[C@H](C)SC2=O)cc1OC. The lowest BCUT2D eigenvalue weighted by atomic mass is 10.1. The van der Waals surface area contributed by atoms with Crippen molar-refractivity contribution in [3.63, 3.8) is 0 Å². The zero-order valence-corrected chi connectivity index (χ0v) is 12.2. The number of amides is 1. The maximum atomic E-state index is 11.6. The van der Waals surface area contributed by atoms with Crippen LogP contribution in [0.4, 0.5) is 4.79 Å². The first kappa shape index (κ1) is 13.9. The van der Waals surface area contributed by atoms with E-state index in [1.54, 1.807) is 18.8 Å². The first-order chi connectivity index (χ1) is 9.13. The zero-order chi connectivity index (χ0) is 13.8. The van der Waals surface area contributed by atoms with E-state index in [0.717, 1.165) is 23.5 Å². The van der Waals surface area contributed by atoms with E-state index in [0.29, 0.717) is 6.54 Å². The number of carbonyl (C=O) groups excluding carboxylic acids is 1. The average molecular weight is 280 g/mol. The standard InChI is InChI=1S/C14H18NO3S/c1-10-9-15(14(16)19-10)7-6-11-4-5-12(17-2)13(8-11)18-3/h4-5,8-10H,6-7H2,1-3H3/q+1/t10-/m0/s1. The van der Waals surface area contributed by atoms with Crippen molar-refractivity contribution in [2.75, 3.05) is 20.8 Å². The van der Waals surface area contributed by atoms with Gasteiger partial charge in [0.2, 0.25) is 0 Å². The van der Waals surface area contributed by atoms with Crippen LogP contribution in [0.25, 0.3) is 0 Å².